The van der Waals surface area contributed by atoms with E-state index in [1.807, 2.05) is 23.6 Å². The summed E-state index contributed by atoms with van der Waals surface area (Å²) in [4.78, 5) is 40.1. The largest absolute Gasteiger partial charge is 0.416 e. The van der Waals surface area contributed by atoms with Crippen molar-refractivity contribution in [3.8, 4) is 6.07 Å². The normalized spacial score (nSPS) is 18.8. The molecule has 2 aromatic carbocycles. The minimum atomic E-state index is -4.58. The van der Waals surface area contributed by atoms with Gasteiger partial charge in [0.15, 0.2) is 0 Å². The Morgan fingerprint density at radius 3 is 2.31 bits per heavy atom. The Morgan fingerprint density at radius 2 is 1.72 bits per heavy atom. The number of alkyl halides is 3. The van der Waals surface area contributed by atoms with Crippen LogP contribution in [-0.2, 0) is 15.8 Å². The molecule has 1 fully saturated rings. The molecule has 1 aliphatic rings. The fraction of sp³-hybridized carbons (Fsp3) is 0.231. The molecule has 184 valence electrons. The number of benzene rings is 2. The second-order valence-electron chi connectivity index (χ2n) is 8.42. The predicted octanol–water partition coefficient (Wildman–Crippen LogP) is 5.83. The summed E-state index contributed by atoms with van der Waals surface area (Å²) < 4.78 is 39.1. The maximum Gasteiger partial charge on any atom is 0.416 e. The lowest BCUT2D eigenvalue weighted by Crippen LogP contribution is -2.45. The molecule has 36 heavy (non-hydrogen) atoms. The SMILES string of the molecule is N#Cc1ccc(C(NC(=O)Nc2cccc(C(F)(F)F)c2)C2C(=O)CC(c3cccs3)CC2=O)cc1. The highest BCUT2D eigenvalue weighted by Crippen LogP contribution is 2.38. The van der Waals surface area contributed by atoms with Gasteiger partial charge in [-0.15, -0.1) is 11.3 Å². The smallest absolute Gasteiger partial charge is 0.330 e. The summed E-state index contributed by atoms with van der Waals surface area (Å²) >= 11 is 1.46. The van der Waals surface area contributed by atoms with Crippen LogP contribution in [-0.4, -0.2) is 17.6 Å². The predicted molar refractivity (Wildman–Crippen MR) is 127 cm³/mol. The summed E-state index contributed by atoms with van der Waals surface area (Å²) in [5, 5.41) is 15.9. The van der Waals surface area contributed by atoms with Gasteiger partial charge in [0.05, 0.1) is 23.2 Å². The van der Waals surface area contributed by atoms with Gasteiger partial charge in [0, 0.05) is 29.3 Å². The number of hydrogen-bond donors (Lipinski definition) is 2. The molecule has 0 saturated heterocycles. The van der Waals surface area contributed by atoms with Crippen molar-refractivity contribution in [1.29, 1.82) is 5.26 Å². The Balaban J connectivity index is 1.59. The third-order valence-electron chi connectivity index (χ3n) is 6.00. The first kappa shape index (κ1) is 25.1. The van der Waals surface area contributed by atoms with Crippen molar-refractivity contribution in [3.63, 3.8) is 0 Å². The number of amides is 2. The van der Waals surface area contributed by atoms with Gasteiger partial charge < -0.3 is 10.6 Å². The molecule has 0 spiro atoms. The fourth-order valence-electron chi connectivity index (χ4n) is 4.29. The second-order valence-corrected chi connectivity index (χ2v) is 9.40. The Morgan fingerprint density at radius 1 is 1.03 bits per heavy atom. The summed E-state index contributed by atoms with van der Waals surface area (Å²) in [5.41, 5.74) is -0.249. The molecule has 1 saturated carbocycles. The molecule has 2 N–H and O–H groups in total. The lowest BCUT2D eigenvalue weighted by Gasteiger charge is -2.32. The van der Waals surface area contributed by atoms with Gasteiger partial charge in [-0.25, -0.2) is 4.79 Å². The Hall–Kier alpha value is -3.97. The van der Waals surface area contributed by atoms with E-state index >= 15 is 0 Å². The van der Waals surface area contributed by atoms with Crippen molar-refractivity contribution in [2.24, 2.45) is 5.92 Å². The number of carbonyl (C=O) groups is 3. The van der Waals surface area contributed by atoms with Gasteiger partial charge in [0.1, 0.15) is 17.5 Å². The van der Waals surface area contributed by atoms with Gasteiger partial charge in [-0.1, -0.05) is 24.3 Å². The molecule has 3 aromatic rings. The van der Waals surface area contributed by atoms with Crippen molar-refractivity contribution in [3.05, 3.63) is 87.6 Å². The number of halogens is 3. The van der Waals surface area contributed by atoms with Crippen LogP contribution < -0.4 is 10.6 Å². The molecule has 4 rings (SSSR count). The lowest BCUT2D eigenvalue weighted by molar-refractivity contribution is -0.138. The van der Waals surface area contributed by atoms with Crippen LogP contribution in [0.15, 0.2) is 66.0 Å². The summed E-state index contributed by atoms with van der Waals surface area (Å²) in [7, 11) is 0. The van der Waals surface area contributed by atoms with E-state index in [1.54, 1.807) is 12.1 Å². The number of carbonyl (C=O) groups excluding carboxylic acids is 3. The number of ketones is 2. The third kappa shape index (κ3) is 5.63. The number of nitrogens with zero attached hydrogens (tertiary/aromatic N) is 1. The van der Waals surface area contributed by atoms with E-state index in [1.165, 1.54) is 29.5 Å². The molecule has 1 aromatic heterocycles. The summed E-state index contributed by atoms with van der Waals surface area (Å²) in [6.07, 6.45) is -4.33. The monoisotopic (exact) mass is 511 g/mol. The number of hydrogen-bond acceptors (Lipinski definition) is 5. The Kier molecular flexibility index (Phi) is 7.22. The highest BCUT2D eigenvalue weighted by molar-refractivity contribution is 7.10. The second kappa shape index (κ2) is 10.3. The molecule has 1 unspecified atom stereocenters. The molecule has 2 amide bonds. The van der Waals surface area contributed by atoms with Crippen molar-refractivity contribution in [2.75, 3.05) is 5.32 Å². The standard InChI is InChI=1S/C26H20F3N3O3S/c27-26(28,29)18-3-1-4-19(13-18)31-25(35)32-24(16-8-6-15(14-30)7-9-16)23-20(33)11-17(12-21(23)34)22-5-2-10-36-22/h1-10,13,17,23-24H,11-12H2,(H2,31,32,35). The Bertz CT molecular complexity index is 1300. The molecule has 10 heteroatoms. The van der Waals surface area contributed by atoms with Crippen LogP contribution in [0.3, 0.4) is 0 Å². The topological polar surface area (TPSA) is 99.1 Å². The average Bonchev–Trinajstić information content (AvgIpc) is 3.38. The van der Waals surface area contributed by atoms with E-state index in [-0.39, 0.29) is 36.0 Å². The molecular weight excluding hydrogens is 491 g/mol. The minimum Gasteiger partial charge on any atom is -0.330 e. The zero-order valence-electron chi connectivity index (χ0n) is 18.7. The third-order valence-corrected chi connectivity index (χ3v) is 7.04. The van der Waals surface area contributed by atoms with Gasteiger partial charge in [0.25, 0.3) is 0 Å². The molecule has 1 atom stereocenters. The van der Waals surface area contributed by atoms with Crippen LogP contribution in [0.25, 0.3) is 0 Å². The van der Waals surface area contributed by atoms with Gasteiger partial charge in [-0.2, -0.15) is 18.4 Å². The van der Waals surface area contributed by atoms with Crippen LogP contribution in [0.4, 0.5) is 23.7 Å². The minimum absolute atomic E-state index is 0.0973. The van der Waals surface area contributed by atoms with Gasteiger partial charge in [0.2, 0.25) is 0 Å². The number of nitriles is 1. The molecule has 0 radical (unpaired) electrons. The highest BCUT2D eigenvalue weighted by Gasteiger charge is 2.42. The van der Waals surface area contributed by atoms with E-state index in [2.05, 4.69) is 10.6 Å². The van der Waals surface area contributed by atoms with Gasteiger partial charge in [-0.05, 0) is 47.3 Å². The van der Waals surface area contributed by atoms with Crippen LogP contribution >= 0.6 is 11.3 Å². The first-order chi connectivity index (χ1) is 17.2. The summed E-state index contributed by atoms with van der Waals surface area (Å²) in [6.45, 7) is 0. The molecule has 0 aliphatic heterocycles. The van der Waals surface area contributed by atoms with Crippen LogP contribution in [0, 0.1) is 17.2 Å². The number of nitrogens with one attached hydrogen (secondary N) is 2. The zero-order chi connectivity index (χ0) is 25.9. The number of urea groups is 1. The van der Waals surface area contributed by atoms with E-state index in [4.69, 9.17) is 5.26 Å². The maximum absolute atomic E-state index is 13.2. The van der Waals surface area contributed by atoms with Crippen molar-refractivity contribution in [1.82, 2.24) is 5.32 Å². The van der Waals surface area contributed by atoms with E-state index in [0.717, 1.165) is 23.1 Å². The zero-order valence-corrected chi connectivity index (χ0v) is 19.5. The number of Topliss-reactive ketones (excluding diaryl/α,β-unsaturated/α-hetero) is 2. The van der Waals surface area contributed by atoms with E-state index in [9.17, 15) is 27.6 Å². The molecule has 6 nitrogen and oxygen atoms in total. The fourth-order valence-corrected chi connectivity index (χ4v) is 5.12. The van der Waals surface area contributed by atoms with Crippen LogP contribution in [0.2, 0.25) is 0 Å². The van der Waals surface area contributed by atoms with Crippen molar-refractivity contribution in [2.45, 2.75) is 31.0 Å². The van der Waals surface area contributed by atoms with Crippen molar-refractivity contribution < 1.29 is 27.6 Å². The van der Waals surface area contributed by atoms with Gasteiger partial charge >= 0.3 is 12.2 Å². The Labute approximate surface area is 208 Å². The highest BCUT2D eigenvalue weighted by atomic mass is 32.1. The quantitative estimate of drug-likeness (QED) is 0.421. The van der Waals surface area contributed by atoms with Crippen LogP contribution in [0.1, 0.15) is 46.4 Å². The average molecular weight is 512 g/mol. The van der Waals surface area contributed by atoms with Gasteiger partial charge in [-0.3, -0.25) is 9.59 Å². The first-order valence-electron chi connectivity index (χ1n) is 11.0. The molecular formula is C26H20F3N3O3S. The number of anilines is 1. The molecule has 1 heterocycles. The molecule has 1 aliphatic carbocycles. The van der Waals surface area contributed by atoms with E-state index < -0.39 is 29.7 Å². The summed E-state index contributed by atoms with van der Waals surface area (Å²) in [5.74, 6) is -2.07. The van der Waals surface area contributed by atoms with Crippen molar-refractivity contribution >= 4 is 34.6 Å². The first-order valence-corrected chi connectivity index (χ1v) is 11.9. The van der Waals surface area contributed by atoms with E-state index in [0.29, 0.717) is 11.1 Å². The number of thiophene rings is 1. The molecule has 0 bridgehead atoms. The summed E-state index contributed by atoms with van der Waals surface area (Å²) in [6, 6.07) is 14.0. The lowest BCUT2D eigenvalue weighted by atomic mass is 9.74. The number of rotatable bonds is 5. The van der Waals surface area contributed by atoms with Crippen LogP contribution in [0.5, 0.6) is 0 Å². The maximum atomic E-state index is 13.2.